The van der Waals surface area contributed by atoms with Crippen molar-refractivity contribution in [2.45, 2.75) is 0 Å². The van der Waals surface area contributed by atoms with Gasteiger partial charge in [0.15, 0.2) is 11.3 Å². The van der Waals surface area contributed by atoms with Gasteiger partial charge in [-0.2, -0.15) is 4.39 Å². The highest BCUT2D eigenvalue weighted by Gasteiger charge is 2.14. The monoisotopic (exact) mass is 296 g/mol. The highest BCUT2D eigenvalue weighted by molar-refractivity contribution is 5.82. The number of halogens is 1. The van der Waals surface area contributed by atoms with Crippen LogP contribution < -0.4 is 5.63 Å². The third kappa shape index (κ3) is 1.70. The standard InChI is InChI=1S/C16H9FN2O3/c17-14-13(20)6-5-9-7-12(16(21)22-15(9)14)19-8-18-10-3-1-2-4-11(10)19/h1-8,20H. The van der Waals surface area contributed by atoms with Gasteiger partial charge in [-0.25, -0.2) is 9.78 Å². The average molecular weight is 296 g/mol. The second-order valence-electron chi connectivity index (χ2n) is 4.84. The number of fused-ring (bicyclic) bond motifs is 2. The van der Waals surface area contributed by atoms with Crippen LogP contribution in [0.5, 0.6) is 5.75 Å². The molecule has 0 saturated heterocycles. The lowest BCUT2D eigenvalue weighted by Gasteiger charge is -2.05. The van der Waals surface area contributed by atoms with E-state index in [1.165, 1.54) is 24.5 Å². The predicted molar refractivity (Wildman–Crippen MR) is 78.7 cm³/mol. The molecule has 0 fully saturated rings. The lowest BCUT2D eigenvalue weighted by atomic mass is 10.2. The molecule has 108 valence electrons. The maximum atomic E-state index is 13.8. The number of nitrogens with zero attached hydrogens (tertiary/aromatic N) is 2. The van der Waals surface area contributed by atoms with E-state index in [1.807, 2.05) is 24.3 Å². The van der Waals surface area contributed by atoms with Gasteiger partial charge < -0.3 is 9.52 Å². The van der Waals surface area contributed by atoms with Crippen LogP contribution in [0.4, 0.5) is 4.39 Å². The fourth-order valence-electron chi connectivity index (χ4n) is 2.45. The molecule has 0 unspecified atom stereocenters. The number of phenolic OH excluding ortho intramolecular Hbond substituents is 1. The van der Waals surface area contributed by atoms with E-state index in [0.29, 0.717) is 5.39 Å². The summed E-state index contributed by atoms with van der Waals surface area (Å²) in [7, 11) is 0. The predicted octanol–water partition coefficient (Wildman–Crippen LogP) is 2.98. The van der Waals surface area contributed by atoms with Gasteiger partial charge in [-0.3, -0.25) is 4.57 Å². The third-order valence-corrected chi connectivity index (χ3v) is 3.52. The molecule has 0 atom stereocenters. The normalized spacial score (nSPS) is 11.3. The molecular formula is C16H9FN2O3. The fraction of sp³-hybridized carbons (Fsp3) is 0. The van der Waals surface area contributed by atoms with Crippen molar-refractivity contribution in [3.8, 4) is 11.4 Å². The van der Waals surface area contributed by atoms with Crippen molar-refractivity contribution in [2.24, 2.45) is 0 Å². The van der Waals surface area contributed by atoms with Crippen LogP contribution in [0.1, 0.15) is 0 Å². The Hall–Kier alpha value is -3.15. The second kappa shape index (κ2) is 4.42. The zero-order valence-electron chi connectivity index (χ0n) is 11.2. The van der Waals surface area contributed by atoms with Gasteiger partial charge in [0.25, 0.3) is 0 Å². The van der Waals surface area contributed by atoms with Gasteiger partial charge in [0, 0.05) is 5.39 Å². The van der Waals surface area contributed by atoms with Crippen molar-refractivity contribution in [3.63, 3.8) is 0 Å². The summed E-state index contributed by atoms with van der Waals surface area (Å²) in [6.45, 7) is 0. The van der Waals surface area contributed by atoms with Gasteiger partial charge in [0.2, 0.25) is 5.82 Å². The maximum Gasteiger partial charge on any atom is 0.360 e. The Balaban J connectivity index is 2.06. The van der Waals surface area contributed by atoms with Gasteiger partial charge in [-0.05, 0) is 30.3 Å². The van der Waals surface area contributed by atoms with Gasteiger partial charge in [0.05, 0.1) is 11.0 Å². The molecule has 0 aliphatic rings. The minimum absolute atomic E-state index is 0.228. The van der Waals surface area contributed by atoms with Crippen molar-refractivity contribution in [2.75, 3.05) is 0 Å². The van der Waals surface area contributed by atoms with Crippen molar-refractivity contribution in [1.82, 2.24) is 9.55 Å². The summed E-state index contributed by atoms with van der Waals surface area (Å²) in [5.41, 5.74) is 0.733. The van der Waals surface area contributed by atoms with E-state index in [0.717, 1.165) is 11.0 Å². The van der Waals surface area contributed by atoms with Crippen LogP contribution >= 0.6 is 0 Å². The first-order valence-electron chi connectivity index (χ1n) is 6.53. The quantitative estimate of drug-likeness (QED) is 0.548. The average Bonchev–Trinajstić information content (AvgIpc) is 2.95. The summed E-state index contributed by atoms with van der Waals surface area (Å²) in [6, 6.07) is 11.5. The Morgan fingerprint density at radius 2 is 2.00 bits per heavy atom. The van der Waals surface area contributed by atoms with E-state index in [9.17, 15) is 14.3 Å². The molecule has 4 aromatic rings. The molecule has 0 aliphatic heterocycles. The summed E-state index contributed by atoms with van der Waals surface area (Å²) in [5, 5.41) is 9.73. The number of para-hydroxylation sites is 2. The molecule has 0 spiro atoms. The van der Waals surface area contributed by atoms with Crippen LogP contribution in [0.2, 0.25) is 0 Å². The molecule has 5 nitrogen and oxygen atoms in total. The van der Waals surface area contributed by atoms with E-state index in [2.05, 4.69) is 4.98 Å². The van der Waals surface area contributed by atoms with Crippen LogP contribution in [0.25, 0.3) is 27.7 Å². The van der Waals surface area contributed by atoms with Crippen LogP contribution in [-0.4, -0.2) is 14.7 Å². The molecule has 2 heterocycles. The highest BCUT2D eigenvalue weighted by atomic mass is 19.1. The Kier molecular flexibility index (Phi) is 2.53. The molecule has 22 heavy (non-hydrogen) atoms. The summed E-state index contributed by atoms with van der Waals surface area (Å²) in [6.07, 6.45) is 1.51. The molecule has 1 N–H and O–H groups in total. The first-order chi connectivity index (χ1) is 10.6. The Bertz CT molecular complexity index is 1080. The van der Waals surface area contributed by atoms with E-state index >= 15 is 0 Å². The van der Waals surface area contributed by atoms with Gasteiger partial charge in [-0.1, -0.05) is 12.1 Å². The fourth-order valence-corrected chi connectivity index (χ4v) is 2.45. The van der Waals surface area contributed by atoms with E-state index in [4.69, 9.17) is 4.42 Å². The molecule has 0 saturated carbocycles. The van der Waals surface area contributed by atoms with Gasteiger partial charge in [-0.15, -0.1) is 0 Å². The highest BCUT2D eigenvalue weighted by Crippen LogP contribution is 2.26. The summed E-state index contributed by atoms with van der Waals surface area (Å²) in [5.74, 6) is -1.51. The van der Waals surface area contributed by atoms with Crippen molar-refractivity contribution < 1.29 is 13.9 Å². The van der Waals surface area contributed by atoms with Crippen LogP contribution in [-0.2, 0) is 0 Å². The Labute approximate surface area is 122 Å². The van der Waals surface area contributed by atoms with Crippen LogP contribution in [0, 0.1) is 5.82 Å². The maximum absolute atomic E-state index is 13.8. The first-order valence-corrected chi connectivity index (χ1v) is 6.53. The minimum atomic E-state index is -0.948. The first kappa shape index (κ1) is 12.6. The molecule has 0 aliphatic carbocycles. The third-order valence-electron chi connectivity index (χ3n) is 3.52. The van der Waals surface area contributed by atoms with Crippen LogP contribution in [0.3, 0.4) is 0 Å². The van der Waals surface area contributed by atoms with Crippen molar-refractivity contribution in [1.29, 1.82) is 0 Å². The smallest absolute Gasteiger partial charge is 0.360 e. The van der Waals surface area contributed by atoms with Gasteiger partial charge in [0.1, 0.15) is 12.0 Å². The number of rotatable bonds is 1. The number of hydrogen-bond donors (Lipinski definition) is 1. The number of aromatic hydroxyl groups is 1. The Morgan fingerprint density at radius 3 is 2.86 bits per heavy atom. The number of imidazole rings is 1. The van der Waals surface area contributed by atoms with E-state index in [1.54, 1.807) is 4.57 Å². The molecular weight excluding hydrogens is 287 g/mol. The lowest BCUT2D eigenvalue weighted by molar-refractivity contribution is 0.425. The lowest BCUT2D eigenvalue weighted by Crippen LogP contribution is -2.09. The van der Waals surface area contributed by atoms with Crippen molar-refractivity contribution in [3.05, 3.63) is 65.0 Å². The van der Waals surface area contributed by atoms with Gasteiger partial charge >= 0.3 is 5.63 Å². The zero-order chi connectivity index (χ0) is 15.3. The molecule has 4 rings (SSSR count). The SMILES string of the molecule is O=c1oc2c(F)c(O)ccc2cc1-n1cnc2ccccc21. The minimum Gasteiger partial charge on any atom is -0.505 e. The summed E-state index contributed by atoms with van der Waals surface area (Å²) < 4.78 is 20.4. The van der Waals surface area contributed by atoms with Crippen LogP contribution in [0.15, 0.2) is 58.0 Å². The molecule has 2 aromatic heterocycles. The Morgan fingerprint density at radius 1 is 1.18 bits per heavy atom. The molecule has 6 heteroatoms. The number of benzene rings is 2. The largest absolute Gasteiger partial charge is 0.505 e. The molecule has 0 radical (unpaired) electrons. The molecule has 2 aromatic carbocycles. The van der Waals surface area contributed by atoms with E-state index in [-0.39, 0.29) is 11.3 Å². The zero-order valence-corrected chi connectivity index (χ0v) is 11.2. The summed E-state index contributed by atoms with van der Waals surface area (Å²) >= 11 is 0. The number of phenols is 1. The van der Waals surface area contributed by atoms with Crippen molar-refractivity contribution >= 4 is 22.0 Å². The van der Waals surface area contributed by atoms with E-state index < -0.39 is 17.2 Å². The molecule has 0 amide bonds. The summed E-state index contributed by atoms with van der Waals surface area (Å²) in [4.78, 5) is 16.4. The number of aromatic nitrogens is 2. The second-order valence-corrected chi connectivity index (χ2v) is 4.84. The number of hydrogen-bond acceptors (Lipinski definition) is 4. The molecule has 0 bridgehead atoms. The topological polar surface area (TPSA) is 68.3 Å².